The molecular formula is C9H9FN4S. The molecule has 78 valence electrons. The van der Waals surface area contributed by atoms with E-state index < -0.39 is 5.95 Å². The van der Waals surface area contributed by atoms with Crippen molar-refractivity contribution in [1.29, 1.82) is 0 Å². The van der Waals surface area contributed by atoms with Crippen molar-refractivity contribution >= 4 is 17.2 Å². The summed E-state index contributed by atoms with van der Waals surface area (Å²) in [4.78, 5) is 11.4. The van der Waals surface area contributed by atoms with Crippen LogP contribution in [0.5, 0.6) is 0 Å². The maximum Gasteiger partial charge on any atom is 0.255 e. The molecule has 2 heterocycles. The summed E-state index contributed by atoms with van der Waals surface area (Å²) in [5, 5.41) is 4.83. The van der Waals surface area contributed by atoms with Gasteiger partial charge in [0.25, 0.3) is 5.95 Å². The molecule has 0 fully saturated rings. The predicted octanol–water partition coefficient (Wildman–Crippen LogP) is 1.73. The lowest BCUT2D eigenvalue weighted by Gasteiger charge is -2.03. The molecule has 1 N–H and O–H groups in total. The third-order valence-corrected chi connectivity index (χ3v) is 2.45. The summed E-state index contributed by atoms with van der Waals surface area (Å²) in [5.41, 5.74) is 2.77. The number of hydrogen-bond donors (Lipinski definition) is 1. The molecule has 0 aromatic carbocycles. The van der Waals surface area contributed by atoms with E-state index in [1.165, 1.54) is 12.4 Å². The Kier molecular flexibility index (Phi) is 3.18. The molecule has 0 bridgehead atoms. The fourth-order valence-electron chi connectivity index (χ4n) is 1.11. The van der Waals surface area contributed by atoms with E-state index in [1.54, 1.807) is 16.8 Å². The first-order valence-electron chi connectivity index (χ1n) is 4.43. The Labute approximate surface area is 90.2 Å². The lowest BCUT2D eigenvalue weighted by molar-refractivity contribution is 0.580. The molecule has 0 aliphatic rings. The Morgan fingerprint density at radius 3 is 2.87 bits per heavy atom. The summed E-state index contributed by atoms with van der Waals surface area (Å²) in [5.74, 6) is -0.386. The lowest BCUT2D eigenvalue weighted by Crippen LogP contribution is -2.08. The van der Waals surface area contributed by atoms with Crippen molar-refractivity contribution in [3.05, 3.63) is 34.9 Å². The Balaban J connectivity index is 1.86. The Morgan fingerprint density at radius 1 is 1.27 bits per heavy atom. The van der Waals surface area contributed by atoms with E-state index >= 15 is 0 Å². The van der Waals surface area contributed by atoms with Crippen LogP contribution in [0.1, 0.15) is 5.69 Å². The quantitative estimate of drug-likeness (QED) is 0.859. The van der Waals surface area contributed by atoms with E-state index in [2.05, 4.69) is 20.3 Å². The SMILES string of the molecule is Fc1nccnc1NCCc1cscn1. The second-order valence-corrected chi connectivity index (χ2v) is 3.57. The molecule has 2 rings (SSSR count). The standard InChI is InChI=1S/C9H9FN4S/c10-8-9(13-4-3-11-8)12-2-1-7-5-15-6-14-7/h3-6H,1-2H2,(H,12,13). The van der Waals surface area contributed by atoms with Crippen molar-refractivity contribution in [2.75, 3.05) is 11.9 Å². The van der Waals surface area contributed by atoms with E-state index in [-0.39, 0.29) is 5.82 Å². The average Bonchev–Trinajstić information content (AvgIpc) is 2.74. The van der Waals surface area contributed by atoms with Gasteiger partial charge in [-0.25, -0.2) is 15.0 Å². The highest BCUT2D eigenvalue weighted by atomic mass is 32.1. The largest absolute Gasteiger partial charge is 0.366 e. The van der Waals surface area contributed by atoms with Crippen molar-refractivity contribution in [1.82, 2.24) is 15.0 Å². The summed E-state index contributed by atoms with van der Waals surface area (Å²) in [6.07, 6.45) is 3.52. The van der Waals surface area contributed by atoms with Crippen LogP contribution in [0.3, 0.4) is 0 Å². The summed E-state index contributed by atoms with van der Waals surface area (Å²) >= 11 is 1.55. The van der Waals surface area contributed by atoms with Gasteiger partial charge in [-0.2, -0.15) is 4.39 Å². The van der Waals surface area contributed by atoms with Crippen LogP contribution in [0.4, 0.5) is 10.2 Å². The summed E-state index contributed by atoms with van der Waals surface area (Å²) in [6.45, 7) is 0.597. The molecule has 0 spiro atoms. The zero-order chi connectivity index (χ0) is 10.5. The number of nitrogens with zero attached hydrogens (tertiary/aromatic N) is 3. The fourth-order valence-corrected chi connectivity index (χ4v) is 1.70. The number of aromatic nitrogens is 3. The number of thiazole rings is 1. The van der Waals surface area contributed by atoms with Crippen LogP contribution in [0.2, 0.25) is 0 Å². The van der Waals surface area contributed by atoms with Crippen molar-refractivity contribution in [2.45, 2.75) is 6.42 Å². The van der Waals surface area contributed by atoms with E-state index in [9.17, 15) is 4.39 Å². The number of anilines is 1. The van der Waals surface area contributed by atoms with Gasteiger partial charge in [0.2, 0.25) is 0 Å². The highest BCUT2D eigenvalue weighted by Crippen LogP contribution is 2.06. The molecule has 0 aliphatic heterocycles. The van der Waals surface area contributed by atoms with Crippen molar-refractivity contribution in [3.63, 3.8) is 0 Å². The van der Waals surface area contributed by atoms with Gasteiger partial charge >= 0.3 is 0 Å². The van der Waals surface area contributed by atoms with E-state index in [0.29, 0.717) is 6.54 Å². The van der Waals surface area contributed by atoms with Gasteiger partial charge in [-0.05, 0) is 0 Å². The number of rotatable bonds is 4. The second-order valence-electron chi connectivity index (χ2n) is 2.85. The molecular weight excluding hydrogens is 215 g/mol. The first kappa shape index (κ1) is 9.97. The molecule has 0 amide bonds. The normalized spacial score (nSPS) is 10.2. The van der Waals surface area contributed by atoms with Crippen LogP contribution in [-0.4, -0.2) is 21.5 Å². The van der Waals surface area contributed by atoms with E-state index in [4.69, 9.17) is 0 Å². The molecule has 4 nitrogen and oxygen atoms in total. The maximum atomic E-state index is 13.0. The number of halogens is 1. The zero-order valence-electron chi connectivity index (χ0n) is 7.85. The van der Waals surface area contributed by atoms with Crippen molar-refractivity contribution in [2.24, 2.45) is 0 Å². The monoisotopic (exact) mass is 224 g/mol. The smallest absolute Gasteiger partial charge is 0.255 e. The Morgan fingerprint density at radius 2 is 2.13 bits per heavy atom. The molecule has 0 saturated carbocycles. The first-order chi connectivity index (χ1) is 7.36. The van der Waals surface area contributed by atoms with Gasteiger partial charge in [0.15, 0.2) is 5.82 Å². The van der Waals surface area contributed by atoms with Crippen LogP contribution < -0.4 is 5.32 Å². The number of nitrogens with one attached hydrogen (secondary N) is 1. The molecule has 0 unspecified atom stereocenters. The van der Waals surface area contributed by atoms with Gasteiger partial charge in [-0.15, -0.1) is 11.3 Å². The molecule has 0 atom stereocenters. The minimum atomic E-state index is -0.573. The Hall–Kier alpha value is -1.56. The van der Waals surface area contributed by atoms with Crippen LogP contribution in [0.25, 0.3) is 0 Å². The lowest BCUT2D eigenvalue weighted by atomic mass is 10.3. The van der Waals surface area contributed by atoms with E-state index in [0.717, 1.165) is 12.1 Å². The van der Waals surface area contributed by atoms with Gasteiger partial charge in [-0.1, -0.05) is 0 Å². The van der Waals surface area contributed by atoms with Gasteiger partial charge in [-0.3, -0.25) is 0 Å². The first-order valence-corrected chi connectivity index (χ1v) is 5.38. The van der Waals surface area contributed by atoms with Crippen molar-refractivity contribution < 1.29 is 4.39 Å². The average molecular weight is 224 g/mol. The third-order valence-electron chi connectivity index (χ3n) is 1.81. The van der Waals surface area contributed by atoms with E-state index in [1.807, 2.05) is 5.38 Å². The molecule has 2 aromatic rings. The Bertz CT molecular complexity index is 418. The van der Waals surface area contributed by atoms with Crippen LogP contribution >= 0.6 is 11.3 Å². The summed E-state index contributed by atoms with van der Waals surface area (Å²) < 4.78 is 13.0. The fraction of sp³-hybridized carbons (Fsp3) is 0.222. The zero-order valence-corrected chi connectivity index (χ0v) is 8.67. The second kappa shape index (κ2) is 4.79. The predicted molar refractivity (Wildman–Crippen MR) is 56.3 cm³/mol. The van der Waals surface area contributed by atoms with Gasteiger partial charge in [0, 0.05) is 30.7 Å². The minimum Gasteiger partial charge on any atom is -0.366 e. The number of hydrogen-bond acceptors (Lipinski definition) is 5. The maximum absolute atomic E-state index is 13.0. The highest BCUT2D eigenvalue weighted by molar-refractivity contribution is 7.07. The molecule has 0 saturated heterocycles. The molecule has 15 heavy (non-hydrogen) atoms. The minimum absolute atomic E-state index is 0.188. The molecule has 6 heteroatoms. The van der Waals surface area contributed by atoms with Gasteiger partial charge in [0.05, 0.1) is 11.2 Å². The third kappa shape index (κ3) is 2.69. The summed E-state index contributed by atoms with van der Waals surface area (Å²) in [7, 11) is 0. The summed E-state index contributed by atoms with van der Waals surface area (Å²) in [6, 6.07) is 0. The van der Waals surface area contributed by atoms with Crippen LogP contribution in [-0.2, 0) is 6.42 Å². The molecule has 0 aliphatic carbocycles. The van der Waals surface area contributed by atoms with Crippen LogP contribution in [0.15, 0.2) is 23.3 Å². The highest BCUT2D eigenvalue weighted by Gasteiger charge is 2.02. The topological polar surface area (TPSA) is 50.7 Å². The van der Waals surface area contributed by atoms with Gasteiger partial charge in [0.1, 0.15) is 0 Å². The van der Waals surface area contributed by atoms with Crippen LogP contribution in [0, 0.1) is 5.95 Å². The van der Waals surface area contributed by atoms with Gasteiger partial charge < -0.3 is 5.32 Å². The molecule has 2 aromatic heterocycles. The molecule has 0 radical (unpaired) electrons. The van der Waals surface area contributed by atoms with Crippen molar-refractivity contribution in [3.8, 4) is 0 Å².